The summed E-state index contributed by atoms with van der Waals surface area (Å²) in [4.78, 5) is 8.32. The third kappa shape index (κ3) is 2.98. The lowest BCUT2D eigenvalue weighted by Gasteiger charge is -2.31. The second kappa shape index (κ2) is 6.21. The third-order valence-corrected chi connectivity index (χ3v) is 5.13. The molecule has 0 saturated heterocycles. The first-order valence-electron chi connectivity index (χ1n) is 7.63. The molecule has 4 rings (SSSR count). The largest absolute Gasteiger partial charge is 0.507 e. The molecule has 3 N–H and O–H groups in total. The van der Waals surface area contributed by atoms with Gasteiger partial charge in [-0.2, -0.15) is 0 Å². The van der Waals surface area contributed by atoms with Gasteiger partial charge in [-0.1, -0.05) is 11.8 Å². The van der Waals surface area contributed by atoms with Crippen LogP contribution >= 0.6 is 11.8 Å². The van der Waals surface area contributed by atoms with Crippen LogP contribution in [0.15, 0.2) is 48.1 Å². The Labute approximate surface area is 143 Å². The van der Waals surface area contributed by atoms with Crippen LogP contribution in [0.5, 0.6) is 5.75 Å². The molecule has 0 aliphatic heterocycles. The minimum atomic E-state index is 0.105. The SMILES string of the molecule is N[C@H]1C[C@@H](Sc2cnc(-c3ccc(-n4ccnc4)cc3O)nn2)C1. The normalized spacial score (nSPS) is 19.9. The van der Waals surface area contributed by atoms with Crippen molar-refractivity contribution < 1.29 is 5.11 Å². The van der Waals surface area contributed by atoms with Crippen LogP contribution in [0.25, 0.3) is 17.1 Å². The molecule has 0 amide bonds. The van der Waals surface area contributed by atoms with E-state index in [4.69, 9.17) is 5.73 Å². The Morgan fingerprint density at radius 3 is 2.75 bits per heavy atom. The molecule has 7 nitrogen and oxygen atoms in total. The first-order chi connectivity index (χ1) is 11.7. The summed E-state index contributed by atoms with van der Waals surface area (Å²) in [5.74, 6) is 0.507. The maximum atomic E-state index is 10.3. The fourth-order valence-corrected chi connectivity index (χ4v) is 3.83. The lowest BCUT2D eigenvalue weighted by Crippen LogP contribution is -2.38. The maximum Gasteiger partial charge on any atom is 0.185 e. The van der Waals surface area contributed by atoms with Crippen molar-refractivity contribution in [2.75, 3.05) is 0 Å². The highest BCUT2D eigenvalue weighted by Crippen LogP contribution is 2.35. The molecule has 1 saturated carbocycles. The van der Waals surface area contributed by atoms with E-state index in [1.165, 1.54) is 0 Å². The molecule has 2 aromatic heterocycles. The molecule has 1 aliphatic carbocycles. The lowest BCUT2D eigenvalue weighted by molar-refractivity contribution is 0.432. The molecule has 0 spiro atoms. The van der Waals surface area contributed by atoms with Crippen molar-refractivity contribution in [3.63, 3.8) is 0 Å². The number of nitrogens with two attached hydrogens (primary N) is 1. The zero-order valence-electron chi connectivity index (χ0n) is 12.8. The minimum absolute atomic E-state index is 0.105. The van der Waals surface area contributed by atoms with Gasteiger partial charge < -0.3 is 15.4 Å². The van der Waals surface area contributed by atoms with E-state index in [9.17, 15) is 5.11 Å². The summed E-state index contributed by atoms with van der Waals surface area (Å²) in [6.45, 7) is 0. The molecule has 0 radical (unpaired) electrons. The molecule has 24 heavy (non-hydrogen) atoms. The van der Waals surface area contributed by atoms with E-state index in [1.54, 1.807) is 42.6 Å². The average molecular weight is 340 g/mol. The number of benzene rings is 1. The van der Waals surface area contributed by atoms with Gasteiger partial charge in [-0.3, -0.25) is 0 Å². The highest BCUT2D eigenvalue weighted by atomic mass is 32.2. The van der Waals surface area contributed by atoms with Crippen molar-refractivity contribution in [1.82, 2.24) is 24.7 Å². The van der Waals surface area contributed by atoms with Gasteiger partial charge in [0, 0.05) is 29.8 Å². The van der Waals surface area contributed by atoms with Crippen LogP contribution in [0.3, 0.4) is 0 Å². The van der Waals surface area contributed by atoms with Gasteiger partial charge in [0.25, 0.3) is 0 Å². The Morgan fingerprint density at radius 2 is 2.12 bits per heavy atom. The van der Waals surface area contributed by atoms with Crippen molar-refractivity contribution in [2.24, 2.45) is 5.73 Å². The molecule has 2 heterocycles. The Bertz CT molecular complexity index is 830. The van der Waals surface area contributed by atoms with E-state index in [-0.39, 0.29) is 5.75 Å². The zero-order chi connectivity index (χ0) is 16.5. The summed E-state index contributed by atoms with van der Waals surface area (Å²) in [5.41, 5.74) is 7.15. The molecule has 122 valence electrons. The monoisotopic (exact) mass is 340 g/mol. The summed E-state index contributed by atoms with van der Waals surface area (Å²) in [5, 5.41) is 19.9. The topological polar surface area (TPSA) is 103 Å². The third-order valence-electron chi connectivity index (χ3n) is 3.98. The Morgan fingerprint density at radius 1 is 1.25 bits per heavy atom. The molecular formula is C16H16N6OS. The molecular weight excluding hydrogens is 324 g/mol. The molecule has 0 atom stereocenters. The number of aromatic nitrogens is 5. The van der Waals surface area contributed by atoms with Gasteiger partial charge in [0.2, 0.25) is 0 Å². The number of phenolic OH excluding ortho intramolecular Hbond substituents is 1. The average Bonchev–Trinajstić information content (AvgIpc) is 3.09. The van der Waals surface area contributed by atoms with E-state index in [1.807, 2.05) is 16.8 Å². The Hall–Kier alpha value is -2.45. The number of hydrogen-bond donors (Lipinski definition) is 2. The number of phenols is 1. The van der Waals surface area contributed by atoms with Crippen molar-refractivity contribution in [3.05, 3.63) is 43.1 Å². The number of hydrogen-bond acceptors (Lipinski definition) is 7. The van der Waals surface area contributed by atoms with Crippen molar-refractivity contribution >= 4 is 11.8 Å². The predicted octanol–water partition coefficient (Wildman–Crippen LogP) is 2.01. The molecule has 1 fully saturated rings. The molecule has 0 unspecified atom stereocenters. The zero-order valence-corrected chi connectivity index (χ0v) is 13.6. The summed E-state index contributed by atoms with van der Waals surface area (Å²) in [6.07, 6.45) is 8.87. The van der Waals surface area contributed by atoms with Gasteiger partial charge >= 0.3 is 0 Å². The van der Waals surface area contributed by atoms with Crippen LogP contribution in [0, 0.1) is 0 Å². The Kier molecular flexibility index (Phi) is 3.91. The van der Waals surface area contributed by atoms with E-state index in [2.05, 4.69) is 20.2 Å². The van der Waals surface area contributed by atoms with E-state index >= 15 is 0 Å². The van der Waals surface area contributed by atoms with Gasteiger partial charge in [0.05, 0.1) is 23.8 Å². The highest BCUT2D eigenvalue weighted by molar-refractivity contribution is 7.99. The van der Waals surface area contributed by atoms with Gasteiger partial charge in [0.1, 0.15) is 10.8 Å². The fourth-order valence-electron chi connectivity index (χ4n) is 2.60. The predicted molar refractivity (Wildman–Crippen MR) is 90.9 cm³/mol. The molecule has 1 aromatic carbocycles. The van der Waals surface area contributed by atoms with Crippen LogP contribution in [0.2, 0.25) is 0 Å². The highest BCUT2D eigenvalue weighted by Gasteiger charge is 2.27. The van der Waals surface area contributed by atoms with E-state index < -0.39 is 0 Å². The summed E-state index contributed by atoms with van der Waals surface area (Å²) >= 11 is 1.65. The number of thioether (sulfide) groups is 1. The van der Waals surface area contributed by atoms with Crippen LogP contribution in [0.4, 0.5) is 0 Å². The van der Waals surface area contributed by atoms with Crippen molar-refractivity contribution in [3.8, 4) is 22.8 Å². The van der Waals surface area contributed by atoms with Crippen LogP contribution in [-0.2, 0) is 0 Å². The van der Waals surface area contributed by atoms with Gasteiger partial charge in [-0.25, -0.2) is 9.97 Å². The number of nitrogens with zero attached hydrogens (tertiary/aromatic N) is 5. The van der Waals surface area contributed by atoms with E-state index in [0.717, 1.165) is 23.6 Å². The van der Waals surface area contributed by atoms with Crippen molar-refractivity contribution in [2.45, 2.75) is 29.2 Å². The summed E-state index contributed by atoms with van der Waals surface area (Å²) in [7, 11) is 0. The fraction of sp³-hybridized carbons (Fsp3) is 0.250. The molecule has 3 aromatic rings. The smallest absolute Gasteiger partial charge is 0.185 e. The Balaban J connectivity index is 1.53. The number of imidazole rings is 1. The van der Waals surface area contributed by atoms with Gasteiger partial charge in [0.15, 0.2) is 5.82 Å². The van der Waals surface area contributed by atoms with Crippen molar-refractivity contribution in [1.29, 1.82) is 0 Å². The summed E-state index contributed by atoms with van der Waals surface area (Å²) in [6, 6.07) is 5.62. The second-order valence-electron chi connectivity index (χ2n) is 5.76. The van der Waals surface area contributed by atoms with Gasteiger partial charge in [-0.05, 0) is 25.0 Å². The maximum absolute atomic E-state index is 10.3. The minimum Gasteiger partial charge on any atom is -0.507 e. The summed E-state index contributed by atoms with van der Waals surface area (Å²) < 4.78 is 1.81. The number of rotatable bonds is 4. The molecule has 1 aliphatic rings. The van der Waals surface area contributed by atoms with Crippen LogP contribution in [-0.4, -0.2) is 41.1 Å². The van der Waals surface area contributed by atoms with Crippen LogP contribution < -0.4 is 5.73 Å². The number of aromatic hydroxyl groups is 1. The molecule has 8 heteroatoms. The standard InChI is InChI=1S/C16H16N6OS/c17-10-5-12(6-10)24-15-8-19-16(21-20-15)13-2-1-11(7-14(13)23)22-4-3-18-9-22/h1-4,7-10,12,23H,5-6,17H2/t10-,12+. The molecule has 0 bridgehead atoms. The second-order valence-corrected chi connectivity index (χ2v) is 7.08. The van der Waals surface area contributed by atoms with E-state index in [0.29, 0.717) is 22.7 Å². The van der Waals surface area contributed by atoms with Gasteiger partial charge in [-0.15, -0.1) is 10.2 Å². The first-order valence-corrected chi connectivity index (χ1v) is 8.50. The first kappa shape index (κ1) is 15.1. The lowest BCUT2D eigenvalue weighted by atomic mass is 9.94. The van der Waals surface area contributed by atoms with Crippen LogP contribution in [0.1, 0.15) is 12.8 Å². The quantitative estimate of drug-likeness (QED) is 0.749.